The summed E-state index contributed by atoms with van der Waals surface area (Å²) in [6.45, 7) is 6.35. The molecule has 0 aliphatic rings. The zero-order valence-electron chi connectivity index (χ0n) is 8.89. The van der Waals surface area contributed by atoms with E-state index in [-0.39, 0.29) is 11.2 Å². The molecule has 0 unspecified atom stereocenters. The van der Waals surface area contributed by atoms with E-state index in [1.165, 1.54) is 0 Å². The second-order valence-electron chi connectivity index (χ2n) is 4.26. The second kappa shape index (κ2) is 3.81. The second-order valence-corrected chi connectivity index (χ2v) is 5.11. The van der Waals surface area contributed by atoms with Crippen LogP contribution in [0.4, 0.5) is 0 Å². The molecule has 0 amide bonds. The van der Waals surface area contributed by atoms with E-state index in [2.05, 4.69) is 36.7 Å². The molecular weight excluding hydrogens is 244 g/mol. The molecule has 0 saturated carbocycles. The smallest absolute Gasteiger partial charge is 0.172 e. The number of ether oxygens (including phenoxy) is 1. The fraction of sp³-hybridized carbons (Fsp3) is 0.455. The molecule has 1 aromatic rings. The van der Waals surface area contributed by atoms with Gasteiger partial charge in [-0.05, 0) is 39.0 Å². The predicted molar refractivity (Wildman–Crippen MR) is 61.1 cm³/mol. The third-order valence-corrected chi connectivity index (χ3v) is 2.72. The van der Waals surface area contributed by atoms with Gasteiger partial charge in [-0.1, -0.05) is 20.8 Å². The van der Waals surface area contributed by atoms with Crippen molar-refractivity contribution >= 4 is 15.9 Å². The van der Waals surface area contributed by atoms with E-state index in [1.54, 1.807) is 7.11 Å². The number of halogens is 1. The van der Waals surface area contributed by atoms with Gasteiger partial charge in [-0.2, -0.15) is 0 Å². The van der Waals surface area contributed by atoms with Gasteiger partial charge in [-0.25, -0.2) is 0 Å². The van der Waals surface area contributed by atoms with Gasteiger partial charge in [0.15, 0.2) is 11.5 Å². The van der Waals surface area contributed by atoms with Crippen molar-refractivity contribution in [1.29, 1.82) is 0 Å². The van der Waals surface area contributed by atoms with E-state index in [0.29, 0.717) is 10.2 Å². The normalized spacial score (nSPS) is 11.5. The summed E-state index contributed by atoms with van der Waals surface area (Å²) < 4.78 is 5.75. The van der Waals surface area contributed by atoms with Gasteiger partial charge in [0.2, 0.25) is 0 Å². The van der Waals surface area contributed by atoms with Crippen molar-refractivity contribution in [3.8, 4) is 11.5 Å². The van der Waals surface area contributed by atoms with Crippen LogP contribution in [0.2, 0.25) is 0 Å². The van der Waals surface area contributed by atoms with Crippen LogP contribution in [0, 0.1) is 0 Å². The highest BCUT2D eigenvalue weighted by Crippen LogP contribution is 2.38. The van der Waals surface area contributed by atoms with E-state index < -0.39 is 0 Å². The molecule has 0 atom stereocenters. The Balaban J connectivity index is 3.30. The Hall–Kier alpha value is -0.700. The fourth-order valence-corrected chi connectivity index (χ4v) is 1.60. The SMILES string of the molecule is COc1cc(C(C)(C)C)cc(Br)c1O. The van der Waals surface area contributed by atoms with E-state index in [9.17, 15) is 5.11 Å². The first-order chi connectivity index (χ1) is 6.36. The van der Waals surface area contributed by atoms with Crippen LogP contribution in [0.3, 0.4) is 0 Å². The molecule has 0 saturated heterocycles. The number of aromatic hydroxyl groups is 1. The van der Waals surface area contributed by atoms with E-state index in [0.717, 1.165) is 5.56 Å². The van der Waals surface area contributed by atoms with Crippen LogP contribution in [0.15, 0.2) is 16.6 Å². The summed E-state index contributed by atoms with van der Waals surface area (Å²) in [4.78, 5) is 0. The summed E-state index contributed by atoms with van der Waals surface area (Å²) in [5.74, 6) is 0.657. The van der Waals surface area contributed by atoms with Crippen molar-refractivity contribution in [2.24, 2.45) is 0 Å². The number of phenols is 1. The number of phenolic OH excluding ortho intramolecular Hbond substituents is 1. The van der Waals surface area contributed by atoms with E-state index in [4.69, 9.17) is 4.74 Å². The summed E-state index contributed by atoms with van der Waals surface area (Å²) >= 11 is 3.30. The number of hydrogen-bond acceptors (Lipinski definition) is 2. The van der Waals surface area contributed by atoms with Gasteiger partial charge >= 0.3 is 0 Å². The van der Waals surface area contributed by atoms with Crippen LogP contribution >= 0.6 is 15.9 Å². The van der Waals surface area contributed by atoms with Gasteiger partial charge in [0.1, 0.15) is 0 Å². The molecule has 0 aliphatic carbocycles. The minimum atomic E-state index is 0.0451. The van der Waals surface area contributed by atoms with Crippen LogP contribution in [-0.4, -0.2) is 12.2 Å². The van der Waals surface area contributed by atoms with Crippen molar-refractivity contribution < 1.29 is 9.84 Å². The molecule has 0 bridgehead atoms. The standard InChI is InChI=1S/C11H15BrO2/c1-11(2,3)7-5-8(12)10(13)9(6-7)14-4/h5-6,13H,1-4H3. The molecule has 0 aromatic heterocycles. The Morgan fingerprint density at radius 3 is 2.29 bits per heavy atom. The molecule has 0 fully saturated rings. The molecule has 0 heterocycles. The lowest BCUT2D eigenvalue weighted by Gasteiger charge is -2.20. The highest BCUT2D eigenvalue weighted by molar-refractivity contribution is 9.10. The number of benzene rings is 1. The van der Waals surface area contributed by atoms with Gasteiger partial charge < -0.3 is 9.84 Å². The molecular formula is C11H15BrO2. The summed E-state index contributed by atoms with van der Waals surface area (Å²) in [6, 6.07) is 3.78. The van der Waals surface area contributed by atoms with Crippen molar-refractivity contribution in [3.63, 3.8) is 0 Å². The first kappa shape index (κ1) is 11.4. The molecule has 3 heteroatoms. The minimum absolute atomic E-state index is 0.0451. The zero-order chi connectivity index (χ0) is 10.9. The lowest BCUT2D eigenvalue weighted by Crippen LogP contribution is -2.11. The fourth-order valence-electron chi connectivity index (χ4n) is 1.16. The van der Waals surface area contributed by atoms with Crippen LogP contribution in [-0.2, 0) is 5.41 Å². The zero-order valence-corrected chi connectivity index (χ0v) is 10.5. The largest absolute Gasteiger partial charge is 0.503 e. The highest BCUT2D eigenvalue weighted by Gasteiger charge is 2.18. The topological polar surface area (TPSA) is 29.5 Å². The van der Waals surface area contributed by atoms with Gasteiger partial charge in [0, 0.05) is 0 Å². The van der Waals surface area contributed by atoms with Crippen LogP contribution < -0.4 is 4.74 Å². The van der Waals surface area contributed by atoms with Crippen LogP contribution in [0.5, 0.6) is 11.5 Å². The van der Waals surface area contributed by atoms with Crippen LogP contribution in [0.1, 0.15) is 26.3 Å². The minimum Gasteiger partial charge on any atom is -0.503 e. The van der Waals surface area contributed by atoms with Crippen molar-refractivity contribution in [1.82, 2.24) is 0 Å². The Labute approximate surface area is 93.0 Å². The molecule has 1 rings (SSSR count). The average Bonchev–Trinajstić information content (AvgIpc) is 2.07. The maximum Gasteiger partial charge on any atom is 0.172 e. The maximum absolute atomic E-state index is 9.62. The van der Waals surface area contributed by atoms with Gasteiger partial charge in [-0.3, -0.25) is 0 Å². The number of hydrogen-bond donors (Lipinski definition) is 1. The quantitative estimate of drug-likeness (QED) is 0.836. The van der Waals surface area contributed by atoms with Crippen LogP contribution in [0.25, 0.3) is 0 Å². The first-order valence-electron chi connectivity index (χ1n) is 4.43. The highest BCUT2D eigenvalue weighted by atomic mass is 79.9. The lowest BCUT2D eigenvalue weighted by atomic mass is 9.87. The third kappa shape index (κ3) is 2.21. The summed E-state index contributed by atoms with van der Waals surface area (Å²) in [7, 11) is 1.55. The summed E-state index contributed by atoms with van der Waals surface area (Å²) in [6.07, 6.45) is 0. The molecule has 0 spiro atoms. The molecule has 0 aliphatic heterocycles. The average molecular weight is 259 g/mol. The summed E-state index contributed by atoms with van der Waals surface area (Å²) in [5.41, 5.74) is 1.17. The molecule has 1 N–H and O–H groups in total. The Bertz CT molecular complexity index is 340. The number of rotatable bonds is 1. The van der Waals surface area contributed by atoms with Crippen molar-refractivity contribution in [2.45, 2.75) is 26.2 Å². The number of methoxy groups -OCH3 is 1. The Kier molecular flexibility index (Phi) is 3.10. The van der Waals surface area contributed by atoms with Gasteiger partial charge in [-0.15, -0.1) is 0 Å². The van der Waals surface area contributed by atoms with Gasteiger partial charge in [0.05, 0.1) is 11.6 Å². The summed E-state index contributed by atoms with van der Waals surface area (Å²) in [5, 5.41) is 9.62. The predicted octanol–water partition coefficient (Wildman–Crippen LogP) is 3.46. The Morgan fingerprint density at radius 2 is 1.86 bits per heavy atom. The van der Waals surface area contributed by atoms with Crippen molar-refractivity contribution in [2.75, 3.05) is 7.11 Å². The molecule has 14 heavy (non-hydrogen) atoms. The molecule has 2 nitrogen and oxygen atoms in total. The van der Waals surface area contributed by atoms with Crippen molar-refractivity contribution in [3.05, 3.63) is 22.2 Å². The monoisotopic (exact) mass is 258 g/mol. The third-order valence-electron chi connectivity index (χ3n) is 2.11. The van der Waals surface area contributed by atoms with E-state index >= 15 is 0 Å². The molecule has 1 aromatic carbocycles. The van der Waals surface area contributed by atoms with Gasteiger partial charge in [0.25, 0.3) is 0 Å². The first-order valence-corrected chi connectivity index (χ1v) is 5.22. The molecule has 0 radical (unpaired) electrons. The molecule has 78 valence electrons. The lowest BCUT2D eigenvalue weighted by molar-refractivity contribution is 0.370. The van der Waals surface area contributed by atoms with E-state index in [1.807, 2.05) is 12.1 Å². The maximum atomic E-state index is 9.62. The Morgan fingerprint density at radius 1 is 1.29 bits per heavy atom.